The first-order chi connectivity index (χ1) is 17.0. The van der Waals surface area contributed by atoms with Crippen molar-refractivity contribution in [3.63, 3.8) is 0 Å². The minimum Gasteiger partial charge on any atom is -0.354 e. The van der Waals surface area contributed by atoms with E-state index >= 15 is 0 Å². The molecule has 0 radical (unpaired) electrons. The summed E-state index contributed by atoms with van der Waals surface area (Å²) >= 11 is 0. The van der Waals surface area contributed by atoms with E-state index in [2.05, 4.69) is 15.0 Å². The number of para-hydroxylation sites is 1. The minimum absolute atomic E-state index is 0.106. The number of carbonyl (C=O) groups excluding carboxylic acids is 2. The number of benzene rings is 3. The summed E-state index contributed by atoms with van der Waals surface area (Å²) in [4.78, 5) is 39.7. The summed E-state index contributed by atoms with van der Waals surface area (Å²) in [5.41, 5.74) is 2.90. The van der Waals surface area contributed by atoms with Gasteiger partial charge in [0, 0.05) is 29.9 Å². The van der Waals surface area contributed by atoms with Crippen molar-refractivity contribution in [1.29, 1.82) is 0 Å². The number of nitrogens with zero attached hydrogens (tertiary/aromatic N) is 3. The first-order valence-corrected chi connectivity index (χ1v) is 11.5. The molecule has 0 aliphatic rings. The first-order valence-electron chi connectivity index (χ1n) is 11.5. The van der Waals surface area contributed by atoms with Gasteiger partial charge >= 0.3 is 0 Å². The molecule has 1 N–H and O–H groups in total. The number of aromatic nitrogens is 3. The van der Waals surface area contributed by atoms with E-state index in [9.17, 15) is 14.4 Å². The highest BCUT2D eigenvalue weighted by atomic mass is 16.2. The molecule has 174 valence electrons. The topological polar surface area (TPSA) is 86.0 Å². The lowest BCUT2D eigenvalue weighted by molar-refractivity contribution is 0.0941. The number of ketones is 1. The number of Topliss-reactive ketones (excluding diaryl/α,β-unsaturated/α-hetero) is 1. The second-order valence-electron chi connectivity index (χ2n) is 8.21. The van der Waals surface area contributed by atoms with Crippen molar-refractivity contribution in [1.82, 2.24) is 19.7 Å². The molecular formula is C28H24N4O3. The quantitative estimate of drug-likeness (QED) is 0.380. The standard InChI is InChI=1S/C28H24N4O3/c1-3-31-22-16-10-9-15-21(22)24(26(31)18-11-5-4-6-12-18)23(33)17-32-28(35)20-14-8-7-13-19(20)25(30-32)27(34)29-2/h4-16H,3,17H2,1-2H3,(H,29,34). The van der Waals surface area contributed by atoms with Crippen LogP contribution in [-0.4, -0.2) is 33.1 Å². The van der Waals surface area contributed by atoms with Crippen LogP contribution in [0.2, 0.25) is 0 Å². The van der Waals surface area contributed by atoms with Gasteiger partial charge in [0.05, 0.1) is 16.6 Å². The molecule has 5 aromatic rings. The zero-order chi connectivity index (χ0) is 24.5. The summed E-state index contributed by atoms with van der Waals surface area (Å²) in [5.74, 6) is -0.671. The van der Waals surface area contributed by atoms with Crippen LogP contribution in [0, 0.1) is 0 Å². The molecule has 0 atom stereocenters. The fourth-order valence-electron chi connectivity index (χ4n) is 4.65. The first kappa shape index (κ1) is 22.3. The van der Waals surface area contributed by atoms with Gasteiger partial charge in [0.2, 0.25) is 0 Å². The number of fused-ring (bicyclic) bond motifs is 2. The highest BCUT2D eigenvalue weighted by molar-refractivity contribution is 6.13. The van der Waals surface area contributed by atoms with Crippen LogP contribution in [0.15, 0.2) is 83.7 Å². The molecule has 7 nitrogen and oxygen atoms in total. The van der Waals surface area contributed by atoms with Crippen LogP contribution in [-0.2, 0) is 13.1 Å². The Kier molecular flexibility index (Phi) is 5.74. The van der Waals surface area contributed by atoms with Gasteiger partial charge in [-0.25, -0.2) is 4.68 Å². The van der Waals surface area contributed by atoms with Crippen LogP contribution in [0.3, 0.4) is 0 Å². The Morgan fingerprint density at radius 2 is 1.49 bits per heavy atom. The Bertz CT molecular complexity index is 1650. The van der Waals surface area contributed by atoms with Gasteiger partial charge in [-0.2, -0.15) is 5.10 Å². The molecule has 1 amide bonds. The molecule has 5 rings (SSSR count). The van der Waals surface area contributed by atoms with Gasteiger partial charge < -0.3 is 9.88 Å². The number of rotatable bonds is 6. The monoisotopic (exact) mass is 464 g/mol. The molecule has 35 heavy (non-hydrogen) atoms. The lowest BCUT2D eigenvalue weighted by Gasteiger charge is -2.12. The number of amides is 1. The van der Waals surface area contributed by atoms with E-state index in [1.807, 2.05) is 61.5 Å². The van der Waals surface area contributed by atoms with E-state index in [0.29, 0.717) is 22.9 Å². The second-order valence-corrected chi connectivity index (χ2v) is 8.21. The molecule has 0 aliphatic heterocycles. The smallest absolute Gasteiger partial charge is 0.275 e. The lowest BCUT2D eigenvalue weighted by Crippen LogP contribution is -2.31. The number of hydrogen-bond acceptors (Lipinski definition) is 4. The average Bonchev–Trinajstić information content (AvgIpc) is 3.25. The van der Waals surface area contributed by atoms with Crippen molar-refractivity contribution in [2.75, 3.05) is 7.05 Å². The minimum atomic E-state index is -0.421. The van der Waals surface area contributed by atoms with Crippen molar-refractivity contribution >= 4 is 33.4 Å². The van der Waals surface area contributed by atoms with Crippen molar-refractivity contribution < 1.29 is 9.59 Å². The molecule has 2 aromatic heterocycles. The average molecular weight is 465 g/mol. The summed E-state index contributed by atoms with van der Waals surface area (Å²) < 4.78 is 3.21. The van der Waals surface area contributed by atoms with Gasteiger partial charge in [0.25, 0.3) is 11.5 Å². The number of hydrogen-bond donors (Lipinski definition) is 1. The van der Waals surface area contributed by atoms with Crippen molar-refractivity contribution in [3.8, 4) is 11.3 Å². The summed E-state index contributed by atoms with van der Waals surface area (Å²) in [7, 11) is 1.51. The third kappa shape index (κ3) is 3.71. The molecule has 0 bridgehead atoms. The van der Waals surface area contributed by atoms with Crippen molar-refractivity contribution in [2.24, 2.45) is 0 Å². The number of carbonyl (C=O) groups is 2. The van der Waals surface area contributed by atoms with E-state index in [0.717, 1.165) is 26.8 Å². The molecular weight excluding hydrogens is 440 g/mol. The molecule has 0 saturated carbocycles. The Hall–Kier alpha value is -4.52. The van der Waals surface area contributed by atoms with Crippen LogP contribution in [0.5, 0.6) is 0 Å². The lowest BCUT2D eigenvalue weighted by atomic mass is 10.0. The zero-order valence-corrected chi connectivity index (χ0v) is 19.5. The van der Waals surface area contributed by atoms with Crippen LogP contribution in [0.4, 0.5) is 0 Å². The molecule has 0 saturated heterocycles. The van der Waals surface area contributed by atoms with E-state index in [-0.39, 0.29) is 18.0 Å². The maximum atomic E-state index is 13.9. The molecule has 0 unspecified atom stereocenters. The highest BCUT2D eigenvalue weighted by Gasteiger charge is 2.25. The van der Waals surface area contributed by atoms with Gasteiger partial charge in [0.1, 0.15) is 6.54 Å². The molecule has 0 aliphatic carbocycles. The Balaban J connectivity index is 1.71. The van der Waals surface area contributed by atoms with Crippen LogP contribution < -0.4 is 10.9 Å². The molecule has 0 spiro atoms. The normalized spacial score (nSPS) is 11.1. The van der Waals surface area contributed by atoms with Gasteiger partial charge in [0.15, 0.2) is 11.5 Å². The Morgan fingerprint density at radius 1 is 0.857 bits per heavy atom. The fourth-order valence-corrected chi connectivity index (χ4v) is 4.65. The SMILES string of the molecule is CCn1c(-c2ccccc2)c(C(=O)Cn2nc(C(=O)NC)c3ccccc3c2=O)c2ccccc21. The third-order valence-corrected chi connectivity index (χ3v) is 6.22. The van der Waals surface area contributed by atoms with Crippen molar-refractivity contribution in [2.45, 2.75) is 20.0 Å². The van der Waals surface area contributed by atoms with Crippen LogP contribution >= 0.6 is 0 Å². The highest BCUT2D eigenvalue weighted by Crippen LogP contribution is 2.34. The Labute approximate surface area is 201 Å². The van der Waals surface area contributed by atoms with Gasteiger partial charge in [-0.1, -0.05) is 66.7 Å². The number of nitrogens with one attached hydrogen (secondary N) is 1. The summed E-state index contributed by atoms with van der Waals surface area (Å²) in [6.07, 6.45) is 0. The van der Waals surface area contributed by atoms with Gasteiger partial charge in [-0.15, -0.1) is 0 Å². The molecule has 2 heterocycles. The maximum absolute atomic E-state index is 13.9. The molecule has 0 fully saturated rings. The van der Waals surface area contributed by atoms with E-state index in [4.69, 9.17) is 0 Å². The predicted molar refractivity (Wildman–Crippen MR) is 137 cm³/mol. The third-order valence-electron chi connectivity index (χ3n) is 6.22. The van der Waals surface area contributed by atoms with E-state index in [1.54, 1.807) is 24.3 Å². The summed E-state index contributed by atoms with van der Waals surface area (Å²) in [6.45, 7) is 2.43. The maximum Gasteiger partial charge on any atom is 0.275 e. The summed E-state index contributed by atoms with van der Waals surface area (Å²) in [5, 5.41) is 8.49. The zero-order valence-electron chi connectivity index (χ0n) is 19.5. The fraction of sp³-hybridized carbons (Fsp3) is 0.143. The number of aryl methyl sites for hydroxylation is 1. The molecule has 7 heteroatoms. The van der Waals surface area contributed by atoms with Gasteiger partial charge in [-0.3, -0.25) is 14.4 Å². The molecule has 3 aromatic carbocycles. The Morgan fingerprint density at radius 3 is 2.17 bits per heavy atom. The van der Waals surface area contributed by atoms with Crippen molar-refractivity contribution in [3.05, 3.63) is 100 Å². The van der Waals surface area contributed by atoms with Gasteiger partial charge in [-0.05, 0) is 24.6 Å². The van der Waals surface area contributed by atoms with Crippen LogP contribution in [0.25, 0.3) is 32.9 Å². The second kappa shape index (κ2) is 9.02. The largest absolute Gasteiger partial charge is 0.354 e. The van der Waals surface area contributed by atoms with E-state index < -0.39 is 11.5 Å². The van der Waals surface area contributed by atoms with Crippen LogP contribution in [0.1, 0.15) is 27.8 Å². The van der Waals surface area contributed by atoms with E-state index in [1.165, 1.54) is 7.05 Å². The predicted octanol–water partition coefficient (Wildman–Crippen LogP) is 4.28. The summed E-state index contributed by atoms with van der Waals surface area (Å²) in [6, 6.07) is 24.3.